The summed E-state index contributed by atoms with van der Waals surface area (Å²) in [5, 5.41) is -0.424. The van der Waals surface area contributed by atoms with Gasteiger partial charge in [0.05, 0.1) is 5.38 Å². The van der Waals surface area contributed by atoms with Crippen LogP contribution in [0.1, 0.15) is 18.4 Å². The third-order valence-corrected chi connectivity index (χ3v) is 2.41. The highest BCUT2D eigenvalue weighted by Gasteiger charge is 2.14. The van der Waals surface area contributed by atoms with Crippen LogP contribution in [-0.4, -0.2) is 11.7 Å². The lowest BCUT2D eigenvalue weighted by Gasteiger charge is -2.12. The van der Waals surface area contributed by atoms with Crippen molar-refractivity contribution in [1.82, 2.24) is 0 Å². The Bertz CT molecular complexity index is 245. The maximum Gasteiger partial charge on any atom is 0.138 e. The number of carbonyl (C=O) groups is 1. The fourth-order valence-electron chi connectivity index (χ4n) is 1.06. The summed E-state index contributed by atoms with van der Waals surface area (Å²) in [4.78, 5) is 10.4. The lowest BCUT2D eigenvalue weighted by molar-refractivity contribution is -0.107. The molecule has 0 unspecified atom stereocenters. The van der Waals surface area contributed by atoms with Crippen molar-refractivity contribution >= 4 is 17.9 Å². The molecule has 0 amide bonds. The molecule has 1 aromatic rings. The molecule has 0 bridgehead atoms. The average molecular weight is 183 g/mol. The fourth-order valence-corrected chi connectivity index (χ4v) is 1.20. The van der Waals surface area contributed by atoms with Crippen molar-refractivity contribution in [2.75, 3.05) is 0 Å². The molecular formula is C10H11ClO. The lowest BCUT2D eigenvalue weighted by atomic mass is 9.98. The normalized spacial score (nSPS) is 15.2. The summed E-state index contributed by atoms with van der Waals surface area (Å²) in [6.07, 6.45) is 0.777. The Hall–Kier alpha value is -0.820. The predicted molar refractivity (Wildman–Crippen MR) is 50.6 cm³/mol. The Balaban J connectivity index is 2.78. The van der Waals surface area contributed by atoms with Gasteiger partial charge in [0.15, 0.2) is 0 Å². The van der Waals surface area contributed by atoms with E-state index in [1.54, 1.807) is 0 Å². The summed E-state index contributed by atoms with van der Waals surface area (Å²) in [6.45, 7) is 1.95. The van der Waals surface area contributed by atoms with Gasteiger partial charge in [-0.25, -0.2) is 0 Å². The molecule has 0 aliphatic rings. The Morgan fingerprint density at radius 2 is 1.92 bits per heavy atom. The third-order valence-electron chi connectivity index (χ3n) is 1.93. The standard InChI is InChI=1S/C10H11ClO/c1-8(10(11)7-12)9-5-3-2-4-6-9/h2-8,10H,1H3/t8-,10+/m0/s1. The van der Waals surface area contributed by atoms with E-state index < -0.39 is 5.38 Å². The molecule has 0 aromatic heterocycles. The third kappa shape index (κ3) is 2.08. The van der Waals surface area contributed by atoms with Gasteiger partial charge in [-0.15, -0.1) is 11.6 Å². The molecule has 0 saturated heterocycles. The molecule has 0 fully saturated rings. The van der Waals surface area contributed by atoms with Gasteiger partial charge >= 0.3 is 0 Å². The van der Waals surface area contributed by atoms with Gasteiger partial charge in [0, 0.05) is 5.92 Å². The summed E-state index contributed by atoms with van der Waals surface area (Å²) in [5.41, 5.74) is 1.10. The maximum atomic E-state index is 10.4. The molecule has 0 N–H and O–H groups in total. The van der Waals surface area contributed by atoms with Crippen LogP contribution in [0, 0.1) is 0 Å². The molecule has 0 aliphatic heterocycles. The van der Waals surface area contributed by atoms with Gasteiger partial charge in [0.25, 0.3) is 0 Å². The largest absolute Gasteiger partial charge is 0.302 e. The SMILES string of the molecule is C[C@@H](c1ccccc1)[C@H](Cl)C=O. The van der Waals surface area contributed by atoms with Crippen molar-refractivity contribution in [2.24, 2.45) is 0 Å². The van der Waals surface area contributed by atoms with Gasteiger partial charge in [-0.3, -0.25) is 0 Å². The van der Waals surface area contributed by atoms with Crippen molar-refractivity contribution in [3.05, 3.63) is 35.9 Å². The zero-order chi connectivity index (χ0) is 8.97. The molecule has 2 heteroatoms. The van der Waals surface area contributed by atoms with Crippen molar-refractivity contribution < 1.29 is 4.79 Å². The second-order valence-electron chi connectivity index (χ2n) is 2.78. The van der Waals surface area contributed by atoms with E-state index in [-0.39, 0.29) is 5.92 Å². The van der Waals surface area contributed by atoms with Crippen molar-refractivity contribution in [1.29, 1.82) is 0 Å². The van der Waals surface area contributed by atoms with Gasteiger partial charge in [-0.2, -0.15) is 0 Å². The first-order chi connectivity index (χ1) is 5.75. The first-order valence-corrected chi connectivity index (χ1v) is 4.33. The average Bonchev–Trinajstić information content (AvgIpc) is 2.17. The van der Waals surface area contributed by atoms with E-state index in [0.717, 1.165) is 11.8 Å². The lowest BCUT2D eigenvalue weighted by Crippen LogP contribution is -2.10. The maximum absolute atomic E-state index is 10.4. The van der Waals surface area contributed by atoms with E-state index in [2.05, 4.69) is 0 Å². The number of benzene rings is 1. The van der Waals surface area contributed by atoms with E-state index >= 15 is 0 Å². The van der Waals surface area contributed by atoms with Gasteiger partial charge in [0.1, 0.15) is 6.29 Å². The molecule has 2 atom stereocenters. The molecule has 12 heavy (non-hydrogen) atoms. The van der Waals surface area contributed by atoms with Crippen LogP contribution in [0.4, 0.5) is 0 Å². The predicted octanol–water partition coefficient (Wildman–Crippen LogP) is 2.60. The molecular weight excluding hydrogens is 172 g/mol. The van der Waals surface area contributed by atoms with Crippen molar-refractivity contribution in [3.63, 3.8) is 0 Å². The number of carbonyl (C=O) groups excluding carboxylic acids is 1. The Morgan fingerprint density at radius 3 is 2.42 bits per heavy atom. The molecule has 0 saturated carbocycles. The summed E-state index contributed by atoms with van der Waals surface area (Å²) < 4.78 is 0. The Kier molecular flexibility index (Phi) is 3.30. The van der Waals surface area contributed by atoms with Crippen LogP contribution < -0.4 is 0 Å². The molecule has 1 nitrogen and oxygen atoms in total. The van der Waals surface area contributed by atoms with Gasteiger partial charge in [0.2, 0.25) is 0 Å². The minimum absolute atomic E-state index is 0.0883. The molecule has 0 aliphatic carbocycles. The monoisotopic (exact) mass is 182 g/mol. The number of rotatable bonds is 3. The Labute approximate surface area is 77.4 Å². The van der Waals surface area contributed by atoms with Crippen LogP contribution in [0.25, 0.3) is 0 Å². The zero-order valence-corrected chi connectivity index (χ0v) is 7.66. The van der Waals surface area contributed by atoms with Gasteiger partial charge in [-0.1, -0.05) is 37.3 Å². The smallest absolute Gasteiger partial charge is 0.138 e. The first kappa shape index (κ1) is 9.27. The summed E-state index contributed by atoms with van der Waals surface area (Å²) in [6, 6.07) is 9.79. The van der Waals surface area contributed by atoms with E-state index in [4.69, 9.17) is 11.6 Å². The minimum Gasteiger partial charge on any atom is -0.302 e. The number of aldehydes is 1. The van der Waals surface area contributed by atoms with Crippen LogP contribution >= 0.6 is 11.6 Å². The first-order valence-electron chi connectivity index (χ1n) is 3.90. The van der Waals surface area contributed by atoms with E-state index in [9.17, 15) is 4.79 Å². The summed E-state index contributed by atoms with van der Waals surface area (Å²) in [7, 11) is 0. The van der Waals surface area contributed by atoms with Crippen LogP contribution in [0.3, 0.4) is 0 Å². The molecule has 64 valence electrons. The highest BCUT2D eigenvalue weighted by atomic mass is 35.5. The molecule has 1 aromatic carbocycles. The van der Waals surface area contributed by atoms with E-state index in [1.165, 1.54) is 0 Å². The molecule has 0 heterocycles. The molecule has 0 radical (unpaired) electrons. The van der Waals surface area contributed by atoms with Crippen LogP contribution in [-0.2, 0) is 4.79 Å². The van der Waals surface area contributed by atoms with Crippen LogP contribution in [0.5, 0.6) is 0 Å². The second-order valence-corrected chi connectivity index (χ2v) is 3.28. The van der Waals surface area contributed by atoms with Crippen molar-refractivity contribution in [3.8, 4) is 0 Å². The van der Waals surface area contributed by atoms with E-state index in [0.29, 0.717) is 0 Å². The van der Waals surface area contributed by atoms with Crippen molar-refractivity contribution in [2.45, 2.75) is 18.2 Å². The van der Waals surface area contributed by atoms with Gasteiger partial charge in [-0.05, 0) is 5.56 Å². The second kappa shape index (κ2) is 4.27. The summed E-state index contributed by atoms with van der Waals surface area (Å²) >= 11 is 5.78. The van der Waals surface area contributed by atoms with Gasteiger partial charge < -0.3 is 4.79 Å². The number of hydrogen-bond acceptors (Lipinski definition) is 1. The topological polar surface area (TPSA) is 17.1 Å². The number of halogens is 1. The fraction of sp³-hybridized carbons (Fsp3) is 0.300. The van der Waals surface area contributed by atoms with E-state index in [1.807, 2.05) is 37.3 Å². The highest BCUT2D eigenvalue weighted by molar-refractivity contribution is 6.28. The molecule has 0 spiro atoms. The zero-order valence-electron chi connectivity index (χ0n) is 6.91. The Morgan fingerprint density at radius 1 is 1.33 bits per heavy atom. The molecule has 1 rings (SSSR count). The number of hydrogen-bond donors (Lipinski definition) is 0. The number of alkyl halides is 1. The highest BCUT2D eigenvalue weighted by Crippen LogP contribution is 2.21. The quantitative estimate of drug-likeness (QED) is 0.519. The van der Waals surface area contributed by atoms with Crippen LogP contribution in [0.2, 0.25) is 0 Å². The summed E-state index contributed by atoms with van der Waals surface area (Å²) in [5.74, 6) is 0.0883. The van der Waals surface area contributed by atoms with Crippen LogP contribution in [0.15, 0.2) is 30.3 Å². The minimum atomic E-state index is -0.424.